The van der Waals surface area contributed by atoms with E-state index in [0.717, 1.165) is 112 Å². The van der Waals surface area contributed by atoms with Crippen LogP contribution in [-0.4, -0.2) is 33.1 Å². The van der Waals surface area contributed by atoms with E-state index >= 15 is 0 Å². The van der Waals surface area contributed by atoms with Crippen LogP contribution in [0.25, 0.3) is 90.9 Å². The van der Waals surface area contributed by atoms with Crippen LogP contribution >= 0.6 is 0 Å². The lowest BCUT2D eigenvalue weighted by molar-refractivity contribution is 0.370. The maximum atomic E-state index is 5.76. The molecule has 0 aliphatic carbocycles. The first-order chi connectivity index (χ1) is 43.0. The lowest BCUT2D eigenvalue weighted by atomic mass is 9.78. The highest BCUT2D eigenvalue weighted by atomic mass is 16.5. The molecule has 0 saturated heterocycles. The number of benzene rings is 6. The number of ether oxygens (including phenoxy) is 2. The van der Waals surface area contributed by atoms with Gasteiger partial charge in [0, 0.05) is 70.5 Å². The molecule has 454 valence electrons. The SMILES string of the molecule is C#CCOc1ccc(CNCc2ccc(-c3c4nc(c(-c5cc(C(C)(C)C)cc(C(C)(C)C)c5)c5ccc([nH]5)c(-c5ccc(CNCc6ccc(OCC#C)cc6)cc5)c5nc(c(-c6cc(C(C)(C)C)cc(C(C)(C)C)c6)c6ccc3[nH]6)C=C5)C=C4)cc2)cc1. The second-order valence-corrected chi connectivity index (χ2v) is 28.0. The normalized spacial score (nSPS) is 12.5. The van der Waals surface area contributed by atoms with Crippen LogP contribution in [-0.2, 0) is 47.8 Å². The summed E-state index contributed by atoms with van der Waals surface area (Å²) in [5.41, 5.74) is 24.9. The first-order valence-corrected chi connectivity index (χ1v) is 31.4. The molecule has 0 fully saturated rings. The van der Waals surface area contributed by atoms with Crippen LogP contribution in [0, 0.1) is 24.7 Å². The third kappa shape index (κ3) is 14.2. The Labute approximate surface area is 533 Å². The molecule has 0 radical (unpaired) electrons. The van der Waals surface area contributed by atoms with Crippen LogP contribution in [0.3, 0.4) is 0 Å². The van der Waals surface area contributed by atoms with Crippen LogP contribution in [0.15, 0.2) is 158 Å². The predicted molar refractivity (Wildman–Crippen MR) is 378 cm³/mol. The highest BCUT2D eigenvalue weighted by Gasteiger charge is 2.26. The van der Waals surface area contributed by atoms with Crippen LogP contribution < -0.4 is 20.1 Å². The summed E-state index contributed by atoms with van der Waals surface area (Å²) in [5, 5.41) is 7.30. The number of hydrogen-bond acceptors (Lipinski definition) is 6. The maximum Gasteiger partial charge on any atom is 0.148 e. The van der Waals surface area contributed by atoms with Gasteiger partial charge >= 0.3 is 0 Å². The fourth-order valence-electron chi connectivity index (χ4n) is 11.6. The van der Waals surface area contributed by atoms with Crippen molar-refractivity contribution in [1.29, 1.82) is 0 Å². The second-order valence-electron chi connectivity index (χ2n) is 28.0. The average molecular weight is 1190 g/mol. The molecule has 8 heteroatoms. The van der Waals surface area contributed by atoms with E-state index in [1.807, 2.05) is 24.3 Å². The van der Waals surface area contributed by atoms with Gasteiger partial charge in [0.05, 0.1) is 22.8 Å². The molecular weight excluding hydrogens is 1100 g/mol. The number of hydrogen-bond donors (Lipinski definition) is 4. The minimum absolute atomic E-state index is 0.122. The van der Waals surface area contributed by atoms with E-state index in [-0.39, 0.29) is 34.9 Å². The summed E-state index contributed by atoms with van der Waals surface area (Å²) >= 11 is 0. The zero-order chi connectivity index (χ0) is 63.5. The molecule has 4 N–H and O–H groups in total. The van der Waals surface area contributed by atoms with Crippen LogP contribution in [0.1, 0.15) is 150 Å². The van der Waals surface area contributed by atoms with Gasteiger partial charge in [0.25, 0.3) is 0 Å². The van der Waals surface area contributed by atoms with Crippen LogP contribution in [0.5, 0.6) is 11.5 Å². The first-order valence-electron chi connectivity index (χ1n) is 31.4. The zero-order valence-corrected chi connectivity index (χ0v) is 54.4. The van der Waals surface area contributed by atoms with E-state index < -0.39 is 0 Å². The number of fused-ring (bicyclic) bond motifs is 8. The highest BCUT2D eigenvalue weighted by Crippen LogP contribution is 2.43. The van der Waals surface area contributed by atoms with Crippen molar-refractivity contribution >= 4 is 46.4 Å². The summed E-state index contributed by atoms with van der Waals surface area (Å²) in [4.78, 5) is 19.6. The average Bonchev–Trinajstić information content (AvgIpc) is 1.55. The number of rotatable bonds is 16. The standard InChI is InChI=1S/C82H84N6O2/c1-15-41-89-65-29-21-55(22-30-65)51-83-49-53-17-25-57(26-18-53)75-67-33-37-71(85-67)77(59-43-61(79(3,4)5)47-62(44-59)80(6,7)8)73-39-35-69(87-73)76(58-27-19-54(20-28-58)50-84-52-56-23-31-66(32-24-56)90-42-16-2)70-36-40-74(88-70)78(72-38-34-68(75)86-72)60-45-63(81(9,10)11)48-64(46-60)82(12,13)14/h1-2,17-40,43-48,83-85,88H,41-42,49-52H2,3-14H3. The Morgan fingerprint density at radius 1 is 0.344 bits per heavy atom. The summed E-state index contributed by atoms with van der Waals surface area (Å²) in [6.07, 6.45) is 19.6. The molecule has 8 bridgehead atoms. The molecule has 3 aromatic heterocycles. The Kier molecular flexibility index (Phi) is 17.7. The minimum atomic E-state index is -0.122. The zero-order valence-electron chi connectivity index (χ0n) is 54.4. The number of nitrogens with one attached hydrogen (secondary N) is 4. The molecule has 0 spiro atoms. The van der Waals surface area contributed by atoms with Crippen molar-refractivity contribution in [2.24, 2.45) is 0 Å². The molecule has 6 aromatic carbocycles. The summed E-state index contributed by atoms with van der Waals surface area (Å²) in [5.74, 6) is 6.60. The molecule has 2 aliphatic heterocycles. The topological polar surface area (TPSA) is 99.9 Å². The number of nitrogens with zero attached hydrogens (tertiary/aromatic N) is 2. The molecule has 2 aliphatic rings. The van der Waals surface area contributed by atoms with Crippen molar-refractivity contribution < 1.29 is 9.47 Å². The molecule has 0 saturated carbocycles. The van der Waals surface area contributed by atoms with Gasteiger partial charge in [-0.2, -0.15) is 0 Å². The molecule has 90 heavy (non-hydrogen) atoms. The quantitative estimate of drug-likeness (QED) is 0.0720. The van der Waals surface area contributed by atoms with E-state index in [9.17, 15) is 0 Å². The maximum absolute atomic E-state index is 5.76. The number of H-pyrrole nitrogens is 2. The minimum Gasteiger partial charge on any atom is -0.481 e. The Balaban J connectivity index is 1.12. The van der Waals surface area contributed by atoms with Gasteiger partial charge < -0.3 is 30.1 Å². The highest BCUT2D eigenvalue weighted by molar-refractivity contribution is 6.00. The van der Waals surface area contributed by atoms with Gasteiger partial charge in [-0.15, -0.1) is 12.8 Å². The van der Waals surface area contributed by atoms with Gasteiger partial charge in [-0.05, 0) is 161 Å². The lowest BCUT2D eigenvalue weighted by Gasteiger charge is -2.26. The molecule has 0 unspecified atom stereocenters. The van der Waals surface area contributed by atoms with Crippen LogP contribution in [0.4, 0.5) is 0 Å². The van der Waals surface area contributed by atoms with Gasteiger partial charge in [-0.25, -0.2) is 9.97 Å². The van der Waals surface area contributed by atoms with Gasteiger partial charge in [0.15, 0.2) is 0 Å². The van der Waals surface area contributed by atoms with Gasteiger partial charge in [-0.3, -0.25) is 0 Å². The lowest BCUT2D eigenvalue weighted by Crippen LogP contribution is -2.16. The molecule has 0 atom stereocenters. The molecule has 9 aromatic rings. The Hall–Kier alpha value is -9.44. The molecule has 11 rings (SSSR count). The number of aromatic nitrogens is 4. The molecular formula is C82H84N6O2. The third-order valence-corrected chi connectivity index (χ3v) is 17.0. The van der Waals surface area contributed by atoms with E-state index in [2.05, 4.69) is 273 Å². The van der Waals surface area contributed by atoms with Crippen molar-refractivity contribution in [1.82, 2.24) is 30.6 Å². The molecule has 0 amide bonds. The van der Waals surface area contributed by atoms with E-state index in [0.29, 0.717) is 26.2 Å². The monoisotopic (exact) mass is 1180 g/mol. The molecule has 5 heterocycles. The van der Waals surface area contributed by atoms with Gasteiger partial charge in [-0.1, -0.05) is 204 Å². The summed E-state index contributed by atoms with van der Waals surface area (Å²) < 4.78 is 11.2. The Morgan fingerprint density at radius 2 is 0.600 bits per heavy atom. The molecule has 8 nitrogen and oxygen atoms in total. The van der Waals surface area contributed by atoms with E-state index in [1.165, 1.54) is 33.4 Å². The third-order valence-electron chi connectivity index (χ3n) is 17.0. The number of terminal acetylenes is 2. The first kappa shape index (κ1) is 62.2. The van der Waals surface area contributed by atoms with Gasteiger partial charge in [0.2, 0.25) is 0 Å². The van der Waals surface area contributed by atoms with Crippen LogP contribution in [0.2, 0.25) is 0 Å². The summed E-state index contributed by atoms with van der Waals surface area (Å²) in [7, 11) is 0. The largest absolute Gasteiger partial charge is 0.481 e. The fraction of sp³-hybridized carbons (Fsp3) is 0.268. The van der Waals surface area contributed by atoms with Crippen molar-refractivity contribution in [2.75, 3.05) is 13.2 Å². The Morgan fingerprint density at radius 3 is 0.856 bits per heavy atom. The van der Waals surface area contributed by atoms with Crippen molar-refractivity contribution in [3.8, 4) is 80.7 Å². The van der Waals surface area contributed by atoms with Crippen molar-refractivity contribution in [3.63, 3.8) is 0 Å². The predicted octanol–water partition coefficient (Wildman–Crippen LogP) is 19.1. The summed E-state index contributed by atoms with van der Waals surface area (Å²) in [6, 6.07) is 57.2. The fourth-order valence-corrected chi connectivity index (χ4v) is 11.6. The van der Waals surface area contributed by atoms with Crippen molar-refractivity contribution in [2.45, 2.75) is 131 Å². The van der Waals surface area contributed by atoms with E-state index in [1.54, 1.807) is 0 Å². The Bertz CT molecular complexity index is 4080. The smallest absolute Gasteiger partial charge is 0.148 e. The van der Waals surface area contributed by atoms with Crippen molar-refractivity contribution in [3.05, 3.63) is 225 Å². The van der Waals surface area contributed by atoms with E-state index in [4.69, 9.17) is 32.3 Å². The number of aromatic amines is 2. The summed E-state index contributed by atoms with van der Waals surface area (Å²) in [6.45, 7) is 30.9. The second kappa shape index (κ2) is 25.6. The van der Waals surface area contributed by atoms with Gasteiger partial charge in [0.1, 0.15) is 24.7 Å².